The summed E-state index contributed by atoms with van der Waals surface area (Å²) >= 11 is 0. The monoisotopic (exact) mass is 414 g/mol. The van der Waals surface area contributed by atoms with Crippen LogP contribution in [0.15, 0.2) is 54.9 Å². The third-order valence-electron chi connectivity index (χ3n) is 5.44. The minimum Gasteiger partial charge on any atom is -0.493 e. The third kappa shape index (κ3) is 3.70. The number of anilines is 2. The zero-order valence-electron chi connectivity index (χ0n) is 17.3. The highest BCUT2D eigenvalue weighted by Crippen LogP contribution is 2.35. The number of ether oxygens (including phenoxy) is 2. The molecule has 31 heavy (non-hydrogen) atoms. The van der Waals surface area contributed by atoms with Crippen LogP contribution in [0.3, 0.4) is 0 Å². The molecule has 0 radical (unpaired) electrons. The zero-order valence-corrected chi connectivity index (χ0v) is 17.3. The second-order valence-electron chi connectivity index (χ2n) is 7.56. The smallest absolute Gasteiger partial charge is 0.252 e. The standard InChI is InChI=1S/C24H22N4O3/c1-30-21-11-19-20(12-22(21)31-2)25-13-26-23(19)27-16-8-9-17-14(10-16)4-3-5-18(17)24(29)28-15-6-7-15/h3-5,8-13,15H,6-7H2,1-2H3,(H,28,29)(H,25,26,27). The predicted molar refractivity (Wildman–Crippen MR) is 120 cm³/mol. The Kier molecular flexibility index (Phi) is 4.78. The van der Waals surface area contributed by atoms with E-state index in [2.05, 4.69) is 20.6 Å². The molecule has 3 aromatic carbocycles. The van der Waals surface area contributed by atoms with Crippen LogP contribution >= 0.6 is 0 Å². The molecule has 1 aromatic heterocycles. The van der Waals surface area contributed by atoms with Gasteiger partial charge < -0.3 is 20.1 Å². The highest BCUT2D eigenvalue weighted by molar-refractivity contribution is 6.08. The summed E-state index contributed by atoms with van der Waals surface area (Å²) in [6.45, 7) is 0. The van der Waals surface area contributed by atoms with Crippen LogP contribution in [0.5, 0.6) is 11.5 Å². The molecule has 1 saturated carbocycles. The van der Waals surface area contributed by atoms with E-state index >= 15 is 0 Å². The number of carbonyl (C=O) groups is 1. The first-order chi connectivity index (χ1) is 15.2. The summed E-state index contributed by atoms with van der Waals surface area (Å²) in [7, 11) is 3.19. The van der Waals surface area contributed by atoms with Gasteiger partial charge >= 0.3 is 0 Å². The molecule has 0 spiro atoms. The molecular formula is C24H22N4O3. The number of nitrogens with zero attached hydrogens (tertiary/aromatic N) is 2. The fraction of sp³-hybridized carbons (Fsp3) is 0.208. The van der Waals surface area contributed by atoms with E-state index in [0.29, 0.717) is 28.9 Å². The number of rotatable bonds is 6. The first-order valence-corrected chi connectivity index (χ1v) is 10.1. The number of methoxy groups -OCH3 is 2. The largest absolute Gasteiger partial charge is 0.493 e. The topological polar surface area (TPSA) is 85.4 Å². The van der Waals surface area contributed by atoms with Gasteiger partial charge in [0.1, 0.15) is 12.1 Å². The van der Waals surface area contributed by atoms with Crippen molar-refractivity contribution in [1.29, 1.82) is 0 Å². The summed E-state index contributed by atoms with van der Waals surface area (Å²) in [6, 6.07) is 15.7. The molecule has 0 bridgehead atoms. The minimum atomic E-state index is -0.0170. The van der Waals surface area contributed by atoms with E-state index in [0.717, 1.165) is 40.2 Å². The van der Waals surface area contributed by atoms with E-state index in [1.807, 2.05) is 48.5 Å². The lowest BCUT2D eigenvalue weighted by atomic mass is 10.0. The predicted octanol–water partition coefficient (Wildman–Crippen LogP) is 4.44. The Morgan fingerprint density at radius 3 is 2.55 bits per heavy atom. The summed E-state index contributed by atoms with van der Waals surface area (Å²) in [5.41, 5.74) is 2.30. The van der Waals surface area contributed by atoms with Gasteiger partial charge in [-0.1, -0.05) is 18.2 Å². The number of hydrogen-bond acceptors (Lipinski definition) is 6. The number of aromatic nitrogens is 2. The number of fused-ring (bicyclic) bond motifs is 2. The van der Waals surface area contributed by atoms with E-state index in [9.17, 15) is 4.79 Å². The van der Waals surface area contributed by atoms with Crippen LogP contribution in [-0.4, -0.2) is 36.1 Å². The molecule has 1 aliphatic rings. The molecule has 0 unspecified atom stereocenters. The van der Waals surface area contributed by atoms with Crippen LogP contribution in [0.4, 0.5) is 11.5 Å². The highest BCUT2D eigenvalue weighted by Gasteiger charge is 2.24. The molecule has 0 atom stereocenters. The fourth-order valence-electron chi connectivity index (χ4n) is 3.67. The van der Waals surface area contributed by atoms with Crippen LogP contribution < -0.4 is 20.1 Å². The van der Waals surface area contributed by atoms with E-state index < -0.39 is 0 Å². The Bertz CT molecular complexity index is 1300. The van der Waals surface area contributed by atoms with Crippen molar-refractivity contribution in [2.24, 2.45) is 0 Å². The van der Waals surface area contributed by atoms with Crippen molar-refractivity contribution in [3.05, 3.63) is 60.4 Å². The second kappa shape index (κ2) is 7.75. The summed E-state index contributed by atoms with van der Waals surface area (Å²) in [5, 5.41) is 9.15. The summed E-state index contributed by atoms with van der Waals surface area (Å²) in [4.78, 5) is 21.3. The molecule has 1 heterocycles. The normalized spacial score (nSPS) is 13.2. The summed E-state index contributed by atoms with van der Waals surface area (Å²) in [6.07, 6.45) is 3.64. The molecule has 156 valence electrons. The van der Waals surface area contributed by atoms with Gasteiger partial charge in [0.15, 0.2) is 11.5 Å². The van der Waals surface area contributed by atoms with Gasteiger partial charge in [0, 0.05) is 28.7 Å². The maximum Gasteiger partial charge on any atom is 0.252 e. The average Bonchev–Trinajstić information content (AvgIpc) is 3.61. The summed E-state index contributed by atoms with van der Waals surface area (Å²) in [5.74, 6) is 1.87. The number of amides is 1. The van der Waals surface area contributed by atoms with Gasteiger partial charge in [-0.3, -0.25) is 4.79 Å². The molecular weight excluding hydrogens is 392 g/mol. The Labute approximate surface area is 179 Å². The van der Waals surface area contributed by atoms with Gasteiger partial charge in [-0.05, 0) is 47.9 Å². The molecule has 7 nitrogen and oxygen atoms in total. The van der Waals surface area contributed by atoms with Crippen molar-refractivity contribution in [1.82, 2.24) is 15.3 Å². The molecule has 4 aromatic rings. The molecule has 7 heteroatoms. The van der Waals surface area contributed by atoms with Crippen LogP contribution in [0.2, 0.25) is 0 Å². The van der Waals surface area contributed by atoms with Crippen LogP contribution in [0.25, 0.3) is 21.7 Å². The molecule has 1 aliphatic carbocycles. The van der Waals surface area contributed by atoms with Gasteiger partial charge in [-0.15, -0.1) is 0 Å². The average molecular weight is 414 g/mol. The zero-order chi connectivity index (χ0) is 21.4. The van der Waals surface area contributed by atoms with E-state index in [1.165, 1.54) is 6.33 Å². The SMILES string of the molecule is COc1cc2ncnc(Nc3ccc4c(C(=O)NC5CC5)cccc4c3)c2cc1OC. The van der Waals surface area contributed by atoms with Crippen LogP contribution in [0.1, 0.15) is 23.2 Å². The Morgan fingerprint density at radius 1 is 0.968 bits per heavy atom. The van der Waals surface area contributed by atoms with E-state index in [-0.39, 0.29) is 5.91 Å². The van der Waals surface area contributed by atoms with Gasteiger partial charge in [-0.25, -0.2) is 9.97 Å². The van der Waals surface area contributed by atoms with Gasteiger partial charge in [-0.2, -0.15) is 0 Å². The van der Waals surface area contributed by atoms with E-state index in [1.54, 1.807) is 14.2 Å². The van der Waals surface area contributed by atoms with Crippen molar-refractivity contribution in [2.45, 2.75) is 18.9 Å². The van der Waals surface area contributed by atoms with Crippen LogP contribution in [0, 0.1) is 0 Å². The van der Waals surface area contributed by atoms with Crippen molar-refractivity contribution in [2.75, 3.05) is 19.5 Å². The van der Waals surface area contributed by atoms with Crippen molar-refractivity contribution < 1.29 is 14.3 Å². The van der Waals surface area contributed by atoms with Crippen molar-refractivity contribution in [3.63, 3.8) is 0 Å². The maximum atomic E-state index is 12.6. The van der Waals surface area contributed by atoms with Crippen LogP contribution in [-0.2, 0) is 0 Å². The molecule has 1 fully saturated rings. The highest BCUT2D eigenvalue weighted by atomic mass is 16.5. The Hall–Kier alpha value is -3.87. The molecule has 5 rings (SSSR count). The van der Waals surface area contributed by atoms with Gasteiger partial charge in [0.25, 0.3) is 5.91 Å². The minimum absolute atomic E-state index is 0.0170. The van der Waals surface area contributed by atoms with Crippen molar-refractivity contribution in [3.8, 4) is 11.5 Å². The lowest BCUT2D eigenvalue weighted by Gasteiger charge is -2.13. The summed E-state index contributed by atoms with van der Waals surface area (Å²) < 4.78 is 10.8. The molecule has 2 N–H and O–H groups in total. The molecule has 1 amide bonds. The molecule has 0 aliphatic heterocycles. The lowest BCUT2D eigenvalue weighted by Crippen LogP contribution is -2.25. The Balaban J connectivity index is 1.50. The fourth-order valence-corrected chi connectivity index (χ4v) is 3.67. The number of hydrogen-bond donors (Lipinski definition) is 2. The third-order valence-corrected chi connectivity index (χ3v) is 5.44. The first-order valence-electron chi connectivity index (χ1n) is 10.1. The number of nitrogens with one attached hydrogen (secondary N) is 2. The Morgan fingerprint density at radius 2 is 1.77 bits per heavy atom. The number of benzene rings is 3. The molecule has 0 saturated heterocycles. The van der Waals surface area contributed by atoms with Gasteiger partial charge in [0.2, 0.25) is 0 Å². The van der Waals surface area contributed by atoms with E-state index in [4.69, 9.17) is 9.47 Å². The van der Waals surface area contributed by atoms with Crippen molar-refractivity contribution >= 4 is 39.1 Å². The quantitative estimate of drug-likeness (QED) is 0.485. The first kappa shape index (κ1) is 19.1. The lowest BCUT2D eigenvalue weighted by molar-refractivity contribution is 0.0952. The maximum absolute atomic E-state index is 12.6. The number of carbonyl (C=O) groups excluding carboxylic acids is 1. The second-order valence-corrected chi connectivity index (χ2v) is 7.56. The van der Waals surface area contributed by atoms with Gasteiger partial charge in [0.05, 0.1) is 19.7 Å².